The maximum atomic E-state index is 11.9. The second kappa shape index (κ2) is 6.70. The summed E-state index contributed by atoms with van der Waals surface area (Å²) in [7, 11) is 0. The smallest absolute Gasteiger partial charge is 0.271 e. The molecule has 0 atom stereocenters. The molecule has 2 rings (SSSR count). The van der Waals surface area contributed by atoms with Crippen LogP contribution in [0.25, 0.3) is 0 Å². The van der Waals surface area contributed by atoms with Crippen molar-refractivity contribution in [3.05, 3.63) is 17.5 Å². The fourth-order valence-electron chi connectivity index (χ4n) is 2.36. The minimum absolute atomic E-state index is 0.0821. The molecule has 1 aromatic rings. The maximum absolute atomic E-state index is 11.9. The Hall–Kier alpha value is -1.36. The number of piperidine rings is 1. The lowest BCUT2D eigenvalue weighted by Crippen LogP contribution is -2.39. The molecule has 0 unspecified atom stereocenters. The molecule has 5 heteroatoms. The first-order chi connectivity index (χ1) is 9.19. The highest BCUT2D eigenvalue weighted by Crippen LogP contribution is 2.15. The van der Waals surface area contributed by atoms with Crippen LogP contribution in [0.1, 0.15) is 42.9 Å². The minimum Gasteiger partial charge on any atom is -0.349 e. The van der Waals surface area contributed by atoms with E-state index in [2.05, 4.69) is 27.3 Å². The SMILES string of the molecule is CCc1cc(C(=O)NCCN2CCC(C)CC2)n[nH]1. The highest BCUT2D eigenvalue weighted by molar-refractivity contribution is 5.92. The Labute approximate surface area is 114 Å². The van der Waals surface area contributed by atoms with E-state index in [0.717, 1.165) is 37.7 Å². The summed E-state index contributed by atoms with van der Waals surface area (Å²) in [6, 6.07) is 1.82. The maximum Gasteiger partial charge on any atom is 0.271 e. The Morgan fingerprint density at radius 3 is 2.89 bits per heavy atom. The number of rotatable bonds is 5. The molecule has 19 heavy (non-hydrogen) atoms. The standard InChI is InChI=1S/C14H24N4O/c1-3-12-10-13(17-16-12)14(19)15-6-9-18-7-4-11(2)5-8-18/h10-11H,3-9H2,1-2H3,(H,15,19)(H,16,17). The zero-order valence-corrected chi connectivity index (χ0v) is 11.9. The first-order valence-corrected chi connectivity index (χ1v) is 7.24. The summed E-state index contributed by atoms with van der Waals surface area (Å²) < 4.78 is 0. The van der Waals surface area contributed by atoms with Crippen LogP contribution in [-0.2, 0) is 6.42 Å². The summed E-state index contributed by atoms with van der Waals surface area (Å²) in [4.78, 5) is 14.3. The first-order valence-electron chi connectivity index (χ1n) is 7.24. The Morgan fingerprint density at radius 1 is 1.53 bits per heavy atom. The van der Waals surface area contributed by atoms with Crippen molar-refractivity contribution in [3.8, 4) is 0 Å². The van der Waals surface area contributed by atoms with Crippen molar-refractivity contribution in [3.63, 3.8) is 0 Å². The topological polar surface area (TPSA) is 61.0 Å². The summed E-state index contributed by atoms with van der Waals surface area (Å²) in [6.45, 7) is 8.28. The lowest BCUT2D eigenvalue weighted by Gasteiger charge is -2.30. The van der Waals surface area contributed by atoms with Crippen molar-refractivity contribution in [1.82, 2.24) is 20.4 Å². The second-order valence-electron chi connectivity index (χ2n) is 5.41. The van der Waals surface area contributed by atoms with E-state index >= 15 is 0 Å². The predicted octanol–water partition coefficient (Wildman–Crippen LogP) is 1.43. The molecule has 0 aliphatic carbocycles. The van der Waals surface area contributed by atoms with E-state index in [1.165, 1.54) is 12.8 Å². The van der Waals surface area contributed by atoms with Gasteiger partial charge in [-0.15, -0.1) is 0 Å². The molecule has 2 N–H and O–H groups in total. The van der Waals surface area contributed by atoms with Crippen molar-refractivity contribution >= 4 is 5.91 Å². The average molecular weight is 264 g/mol. The van der Waals surface area contributed by atoms with Gasteiger partial charge in [0.25, 0.3) is 5.91 Å². The third-order valence-corrected chi connectivity index (χ3v) is 3.83. The molecule has 2 heterocycles. The van der Waals surface area contributed by atoms with Crippen LogP contribution in [0.2, 0.25) is 0 Å². The molecule has 0 aromatic carbocycles. The fraction of sp³-hybridized carbons (Fsp3) is 0.714. The van der Waals surface area contributed by atoms with E-state index in [4.69, 9.17) is 0 Å². The lowest BCUT2D eigenvalue weighted by atomic mass is 9.99. The van der Waals surface area contributed by atoms with E-state index in [1.807, 2.05) is 13.0 Å². The number of H-pyrrole nitrogens is 1. The monoisotopic (exact) mass is 264 g/mol. The molecule has 0 radical (unpaired) electrons. The zero-order valence-electron chi connectivity index (χ0n) is 11.9. The molecule has 1 aliphatic rings. The summed E-state index contributed by atoms with van der Waals surface area (Å²) in [5.41, 5.74) is 1.49. The number of aromatic amines is 1. The minimum atomic E-state index is -0.0821. The van der Waals surface area contributed by atoms with E-state index in [9.17, 15) is 4.79 Å². The number of likely N-dealkylation sites (tertiary alicyclic amines) is 1. The first kappa shape index (κ1) is 14.1. The van der Waals surface area contributed by atoms with Gasteiger partial charge in [0.15, 0.2) is 0 Å². The Kier molecular flexibility index (Phi) is 4.96. The summed E-state index contributed by atoms with van der Waals surface area (Å²) in [6.07, 6.45) is 3.41. The summed E-state index contributed by atoms with van der Waals surface area (Å²) in [5.74, 6) is 0.767. The Balaban J connectivity index is 1.69. The number of hydrogen-bond donors (Lipinski definition) is 2. The van der Waals surface area contributed by atoms with Gasteiger partial charge in [-0.05, 0) is 44.3 Å². The highest BCUT2D eigenvalue weighted by Gasteiger charge is 2.15. The van der Waals surface area contributed by atoms with Gasteiger partial charge in [-0.25, -0.2) is 0 Å². The molecule has 1 aliphatic heterocycles. The number of amides is 1. The number of aromatic nitrogens is 2. The number of hydrogen-bond acceptors (Lipinski definition) is 3. The predicted molar refractivity (Wildman–Crippen MR) is 75.1 cm³/mol. The van der Waals surface area contributed by atoms with Crippen LogP contribution < -0.4 is 5.32 Å². The van der Waals surface area contributed by atoms with Crippen molar-refractivity contribution in [2.75, 3.05) is 26.2 Å². The molecule has 1 aromatic heterocycles. The van der Waals surface area contributed by atoms with Crippen molar-refractivity contribution in [1.29, 1.82) is 0 Å². The lowest BCUT2D eigenvalue weighted by molar-refractivity contribution is 0.0939. The second-order valence-corrected chi connectivity index (χ2v) is 5.41. The van der Waals surface area contributed by atoms with Gasteiger partial charge in [-0.3, -0.25) is 9.89 Å². The molecular formula is C14H24N4O. The van der Waals surface area contributed by atoms with Gasteiger partial charge in [0, 0.05) is 18.8 Å². The van der Waals surface area contributed by atoms with Gasteiger partial charge in [0.2, 0.25) is 0 Å². The van der Waals surface area contributed by atoms with E-state index in [-0.39, 0.29) is 5.91 Å². The van der Waals surface area contributed by atoms with Gasteiger partial charge in [-0.1, -0.05) is 13.8 Å². The van der Waals surface area contributed by atoms with Crippen molar-refractivity contribution in [2.45, 2.75) is 33.1 Å². The van der Waals surface area contributed by atoms with Crippen LogP contribution in [-0.4, -0.2) is 47.2 Å². The zero-order chi connectivity index (χ0) is 13.7. The molecule has 5 nitrogen and oxygen atoms in total. The normalized spacial score (nSPS) is 17.6. The molecular weight excluding hydrogens is 240 g/mol. The van der Waals surface area contributed by atoms with Crippen LogP contribution >= 0.6 is 0 Å². The van der Waals surface area contributed by atoms with Gasteiger partial charge in [-0.2, -0.15) is 5.10 Å². The number of carbonyl (C=O) groups is 1. The van der Waals surface area contributed by atoms with Gasteiger partial charge < -0.3 is 10.2 Å². The van der Waals surface area contributed by atoms with E-state index in [1.54, 1.807) is 0 Å². The van der Waals surface area contributed by atoms with Gasteiger partial charge in [0.1, 0.15) is 5.69 Å². The van der Waals surface area contributed by atoms with Crippen LogP contribution in [0, 0.1) is 5.92 Å². The highest BCUT2D eigenvalue weighted by atomic mass is 16.1. The van der Waals surface area contributed by atoms with E-state index < -0.39 is 0 Å². The molecule has 106 valence electrons. The quantitative estimate of drug-likeness (QED) is 0.846. The number of nitrogens with zero attached hydrogens (tertiary/aromatic N) is 2. The summed E-state index contributed by atoms with van der Waals surface area (Å²) >= 11 is 0. The van der Waals surface area contributed by atoms with Gasteiger partial charge in [0.05, 0.1) is 0 Å². The van der Waals surface area contributed by atoms with Crippen molar-refractivity contribution < 1.29 is 4.79 Å². The van der Waals surface area contributed by atoms with Crippen LogP contribution in [0.15, 0.2) is 6.07 Å². The molecule has 1 amide bonds. The average Bonchev–Trinajstić information content (AvgIpc) is 2.90. The third-order valence-electron chi connectivity index (χ3n) is 3.83. The van der Waals surface area contributed by atoms with Crippen molar-refractivity contribution in [2.24, 2.45) is 5.92 Å². The molecule has 0 saturated carbocycles. The van der Waals surface area contributed by atoms with Crippen LogP contribution in [0.4, 0.5) is 0 Å². The number of carbonyl (C=O) groups excluding carboxylic acids is 1. The third kappa shape index (κ3) is 4.06. The Bertz CT molecular complexity index is 407. The summed E-state index contributed by atoms with van der Waals surface area (Å²) in [5, 5.41) is 9.80. The number of nitrogens with one attached hydrogen (secondary N) is 2. The van der Waals surface area contributed by atoms with E-state index in [0.29, 0.717) is 12.2 Å². The Morgan fingerprint density at radius 2 is 2.26 bits per heavy atom. The van der Waals surface area contributed by atoms with Gasteiger partial charge >= 0.3 is 0 Å². The fourth-order valence-corrected chi connectivity index (χ4v) is 2.36. The van der Waals surface area contributed by atoms with Crippen LogP contribution in [0.5, 0.6) is 0 Å². The molecule has 0 spiro atoms. The van der Waals surface area contributed by atoms with Crippen LogP contribution in [0.3, 0.4) is 0 Å². The number of aryl methyl sites for hydroxylation is 1. The molecule has 1 saturated heterocycles. The molecule has 1 fully saturated rings. The largest absolute Gasteiger partial charge is 0.349 e. The molecule has 0 bridgehead atoms.